The van der Waals surface area contributed by atoms with Crippen LogP contribution in [0.25, 0.3) is 0 Å². The van der Waals surface area contributed by atoms with E-state index in [1.54, 1.807) is 0 Å². The van der Waals surface area contributed by atoms with Gasteiger partial charge in [-0.3, -0.25) is 24.5 Å². The van der Waals surface area contributed by atoms with Gasteiger partial charge in [0.25, 0.3) is 11.8 Å². The highest BCUT2D eigenvalue weighted by Gasteiger charge is 2.50. The molecule has 2 aromatic rings. The van der Waals surface area contributed by atoms with Crippen LogP contribution in [0.15, 0.2) is 42.5 Å². The summed E-state index contributed by atoms with van der Waals surface area (Å²) in [7, 11) is 23.6. The topological polar surface area (TPSA) is 86.8 Å². The van der Waals surface area contributed by atoms with Gasteiger partial charge in [0.2, 0.25) is 19.8 Å². The predicted molar refractivity (Wildman–Crippen MR) is 129 cm³/mol. The lowest BCUT2D eigenvalue weighted by molar-refractivity contribution is -0.154. The number of carbonyl (C=O) groups excluding carboxylic acids is 4. The minimum absolute atomic E-state index is 0.150. The molecule has 0 saturated carbocycles. The third kappa shape index (κ3) is 4.23. The quantitative estimate of drug-likeness (QED) is 0.491. The van der Waals surface area contributed by atoms with Crippen LogP contribution < -0.4 is 5.32 Å². The fourth-order valence-corrected chi connectivity index (χ4v) is 4.27. The number of hydrogen-bond acceptors (Lipinski definition) is 4. The summed E-state index contributed by atoms with van der Waals surface area (Å²) >= 11 is 5.72. The van der Waals surface area contributed by atoms with Crippen molar-refractivity contribution in [3.8, 4) is 0 Å². The largest absolute Gasteiger partial charge is 0.393 e. The van der Waals surface area contributed by atoms with Crippen LogP contribution in [-0.4, -0.2) is 70.3 Å². The summed E-state index contributed by atoms with van der Waals surface area (Å²) in [4.78, 5) is 50.9. The number of nitrogens with one attached hydrogen (secondary N) is 1. The molecule has 7 nitrogen and oxygen atoms in total. The monoisotopic (exact) mass is 501 g/mol. The maximum atomic E-state index is 14.8. The molecule has 3 unspecified atom stereocenters. The zero-order valence-corrected chi connectivity index (χ0v) is 19.3. The van der Waals surface area contributed by atoms with Gasteiger partial charge in [-0.15, -0.1) is 0 Å². The smallest absolute Gasteiger partial charge is 0.348 e. The Bertz CT molecular complexity index is 1280. The fraction of sp³-hybridized carbons (Fsp3) is 0.273. The average molecular weight is 501 g/mol. The van der Waals surface area contributed by atoms with Gasteiger partial charge in [-0.2, -0.15) is 8.78 Å². The van der Waals surface area contributed by atoms with E-state index < -0.39 is 52.3 Å². The van der Waals surface area contributed by atoms with Gasteiger partial charge in [-0.25, -0.2) is 0 Å². The maximum Gasteiger partial charge on any atom is 0.348 e. The van der Waals surface area contributed by atoms with Gasteiger partial charge in [-0.05, 0) is 35.7 Å². The fourth-order valence-electron chi connectivity index (χ4n) is 4.14. The molecule has 2 aromatic carbocycles. The molecule has 1 saturated heterocycles. The second kappa shape index (κ2) is 9.10. The Morgan fingerprint density at radius 3 is 2.47 bits per heavy atom. The van der Waals surface area contributed by atoms with Crippen molar-refractivity contribution in [3.05, 3.63) is 69.7 Å². The van der Waals surface area contributed by atoms with Crippen LogP contribution in [0.2, 0.25) is 10.8 Å². The standard InChI is InChI=1S/C22H14B4ClF2N3O4/c23-15-8-21(25,19(35)30-17(15)33)31-9-11-7-10(1-6-14(11)18(31)34)16(24)32(26)20(36)22(28,29)12-2-4-13(27)5-3-12/h1-7,15-16H,8-9H2,(H,30,33,35). The first-order valence-electron chi connectivity index (χ1n) is 10.6. The van der Waals surface area contributed by atoms with Crippen LogP contribution >= 0.6 is 11.6 Å². The molecular formula is C22H14B4ClF2N3O4. The number of piperidine rings is 1. The molecule has 1 N–H and O–H groups in total. The normalized spacial score (nSPS) is 22.7. The molecule has 0 aromatic heterocycles. The van der Waals surface area contributed by atoms with Crippen LogP contribution in [0.3, 0.4) is 0 Å². The SMILES string of the molecule is [B]C1CC([B])(N2Cc3cc(C([B])N([B])C(=O)C(F)(F)c4ccc(Cl)cc4)ccc3C2=O)C(=O)NC1=O. The minimum Gasteiger partial charge on any atom is -0.393 e. The van der Waals surface area contributed by atoms with Crippen LogP contribution in [0, 0.1) is 0 Å². The molecule has 36 heavy (non-hydrogen) atoms. The van der Waals surface area contributed by atoms with Crippen LogP contribution in [-0.2, 0) is 26.9 Å². The van der Waals surface area contributed by atoms with E-state index in [1.807, 2.05) is 0 Å². The highest BCUT2D eigenvalue weighted by atomic mass is 35.5. The van der Waals surface area contributed by atoms with E-state index in [2.05, 4.69) is 5.32 Å². The van der Waals surface area contributed by atoms with Crippen molar-refractivity contribution in [2.75, 3.05) is 0 Å². The summed E-state index contributed by atoms with van der Waals surface area (Å²) in [6, 6.07) is 8.52. The summed E-state index contributed by atoms with van der Waals surface area (Å²) in [6.45, 7) is -0.154. The summed E-state index contributed by atoms with van der Waals surface area (Å²) < 4.78 is 29.5. The van der Waals surface area contributed by atoms with Crippen molar-refractivity contribution in [3.63, 3.8) is 0 Å². The Morgan fingerprint density at radius 2 is 1.83 bits per heavy atom. The molecule has 2 aliphatic rings. The Balaban J connectivity index is 1.56. The van der Waals surface area contributed by atoms with Gasteiger partial charge in [0.1, 0.15) is 15.7 Å². The third-order valence-corrected chi connectivity index (χ3v) is 6.52. The van der Waals surface area contributed by atoms with Gasteiger partial charge in [0.15, 0.2) is 0 Å². The van der Waals surface area contributed by atoms with Crippen molar-refractivity contribution in [2.24, 2.45) is 0 Å². The molecule has 174 valence electrons. The van der Waals surface area contributed by atoms with Crippen molar-refractivity contribution < 1.29 is 28.0 Å². The van der Waals surface area contributed by atoms with E-state index in [1.165, 1.54) is 30.3 Å². The highest BCUT2D eigenvalue weighted by molar-refractivity contribution is 6.37. The van der Waals surface area contributed by atoms with Crippen molar-refractivity contribution >= 4 is 66.7 Å². The van der Waals surface area contributed by atoms with Crippen LogP contribution in [0.4, 0.5) is 8.78 Å². The number of hydrogen-bond donors (Lipinski definition) is 1. The molecule has 2 aliphatic heterocycles. The summed E-state index contributed by atoms with van der Waals surface area (Å²) in [5, 5.41) is 2.26. The summed E-state index contributed by atoms with van der Waals surface area (Å²) in [5.74, 6) is -10.5. The number of imide groups is 1. The van der Waals surface area contributed by atoms with Gasteiger partial charge < -0.3 is 9.71 Å². The zero-order valence-electron chi connectivity index (χ0n) is 18.6. The van der Waals surface area contributed by atoms with Crippen LogP contribution in [0.1, 0.15) is 39.4 Å². The number of amides is 4. The number of carbonyl (C=O) groups is 4. The van der Waals surface area contributed by atoms with E-state index in [9.17, 15) is 28.0 Å². The predicted octanol–water partition coefficient (Wildman–Crippen LogP) is 1.04. The number of rotatable bonds is 5. The molecule has 1 fully saturated rings. The first-order valence-corrected chi connectivity index (χ1v) is 11.0. The molecular weight excluding hydrogens is 487 g/mol. The number of alkyl halides is 2. The van der Waals surface area contributed by atoms with E-state index in [0.717, 1.165) is 17.0 Å². The Morgan fingerprint density at radius 1 is 1.19 bits per heavy atom. The van der Waals surface area contributed by atoms with Gasteiger partial charge >= 0.3 is 5.92 Å². The molecule has 2 heterocycles. The number of nitrogens with zero attached hydrogens (tertiary/aromatic N) is 2. The molecule has 8 radical (unpaired) electrons. The van der Waals surface area contributed by atoms with E-state index in [-0.39, 0.29) is 33.9 Å². The van der Waals surface area contributed by atoms with E-state index >= 15 is 0 Å². The third-order valence-electron chi connectivity index (χ3n) is 6.26. The first kappa shape index (κ1) is 26.0. The average Bonchev–Trinajstić information content (AvgIpc) is 3.18. The first-order chi connectivity index (χ1) is 16.8. The molecule has 4 amide bonds. The Labute approximate surface area is 215 Å². The molecule has 0 spiro atoms. The summed E-state index contributed by atoms with van der Waals surface area (Å²) in [6.07, 6.45) is -0.297. The molecule has 0 aliphatic carbocycles. The second-order valence-electron chi connectivity index (χ2n) is 8.60. The lowest BCUT2D eigenvalue weighted by Crippen LogP contribution is -2.64. The minimum atomic E-state index is -3.99. The van der Waals surface area contributed by atoms with Crippen molar-refractivity contribution in [1.29, 1.82) is 0 Å². The lowest BCUT2D eigenvalue weighted by Gasteiger charge is -2.42. The summed E-state index contributed by atoms with van der Waals surface area (Å²) in [5.41, 5.74) is -1.82. The Hall–Kier alpha value is -3.07. The van der Waals surface area contributed by atoms with Gasteiger partial charge in [0.05, 0.1) is 13.3 Å². The highest BCUT2D eigenvalue weighted by Crippen LogP contribution is 2.37. The number of halogens is 3. The maximum absolute atomic E-state index is 14.8. The van der Waals surface area contributed by atoms with E-state index in [4.69, 9.17) is 43.1 Å². The van der Waals surface area contributed by atoms with Crippen molar-refractivity contribution in [1.82, 2.24) is 15.0 Å². The Kier molecular flexibility index (Phi) is 6.58. The van der Waals surface area contributed by atoms with Crippen LogP contribution in [0.5, 0.6) is 0 Å². The molecule has 0 bridgehead atoms. The zero-order chi connectivity index (χ0) is 26.6. The second-order valence-corrected chi connectivity index (χ2v) is 9.04. The van der Waals surface area contributed by atoms with Gasteiger partial charge in [-0.1, -0.05) is 35.9 Å². The number of fused-ring (bicyclic) bond motifs is 1. The lowest BCUT2D eigenvalue weighted by atomic mass is 9.62. The van der Waals surface area contributed by atoms with Gasteiger partial charge in [0, 0.05) is 34.5 Å². The number of benzene rings is 2. The molecule has 3 atom stereocenters. The molecule has 14 heteroatoms. The molecule has 4 rings (SSSR count). The van der Waals surface area contributed by atoms with Crippen molar-refractivity contribution in [2.45, 2.75) is 36.1 Å². The van der Waals surface area contributed by atoms with E-state index in [0.29, 0.717) is 5.56 Å².